The monoisotopic (exact) mass is 470 g/mol. The molecule has 1 aromatic rings. The Morgan fingerprint density at radius 2 is 1.41 bits per heavy atom. The van der Waals surface area contributed by atoms with Crippen molar-refractivity contribution in [3.8, 4) is 5.75 Å². The summed E-state index contributed by atoms with van der Waals surface area (Å²) in [5.41, 5.74) is 8.08. The lowest BCUT2D eigenvalue weighted by Gasteiger charge is -2.39. The van der Waals surface area contributed by atoms with Crippen molar-refractivity contribution in [2.45, 2.75) is 159 Å². The molecule has 0 aliphatic carbocycles. The minimum atomic E-state index is -0.0149. The van der Waals surface area contributed by atoms with Crippen molar-refractivity contribution < 1.29 is 4.74 Å². The fourth-order valence-electron chi connectivity index (χ4n) is 6.13. The summed E-state index contributed by atoms with van der Waals surface area (Å²) in [6.45, 7) is 26.0. The number of hydrogen-bond donors (Lipinski definition) is 0. The summed E-state index contributed by atoms with van der Waals surface area (Å²) >= 11 is 0. The molecular formula is C33H58O. The van der Waals surface area contributed by atoms with Crippen LogP contribution in [-0.4, -0.2) is 5.60 Å². The van der Waals surface area contributed by atoms with Crippen LogP contribution in [-0.2, 0) is 6.42 Å². The highest BCUT2D eigenvalue weighted by atomic mass is 16.5. The standard InChI is InChI=1S/C33H58O/c1-12-32(10,20-14-19-31(8,9)18-13-16-24(2)3)21-15-22-33(11)23-17-29-27(6)25(4)26(5)28(7)30(29)34-33/h24H,12-23H2,1-11H3/t32?,33-/m1/s1. The number of fused-ring (bicyclic) bond motifs is 1. The van der Waals surface area contributed by atoms with E-state index in [-0.39, 0.29) is 5.60 Å². The van der Waals surface area contributed by atoms with Gasteiger partial charge < -0.3 is 4.74 Å². The molecule has 2 atom stereocenters. The van der Waals surface area contributed by atoms with Gasteiger partial charge in [-0.2, -0.15) is 0 Å². The van der Waals surface area contributed by atoms with Crippen molar-refractivity contribution in [1.82, 2.24) is 0 Å². The van der Waals surface area contributed by atoms with Crippen LogP contribution in [0.25, 0.3) is 0 Å². The molecule has 0 spiro atoms. The van der Waals surface area contributed by atoms with Gasteiger partial charge in [0, 0.05) is 0 Å². The van der Waals surface area contributed by atoms with E-state index in [2.05, 4.69) is 76.2 Å². The zero-order valence-electron chi connectivity index (χ0n) is 25.0. The highest BCUT2D eigenvalue weighted by molar-refractivity contribution is 5.55. The lowest BCUT2D eigenvalue weighted by molar-refractivity contribution is 0.0481. The highest BCUT2D eigenvalue weighted by Gasteiger charge is 2.34. The fourth-order valence-corrected chi connectivity index (χ4v) is 6.13. The first-order valence-corrected chi connectivity index (χ1v) is 14.5. The van der Waals surface area contributed by atoms with Gasteiger partial charge in [-0.25, -0.2) is 0 Å². The predicted molar refractivity (Wildman–Crippen MR) is 151 cm³/mol. The van der Waals surface area contributed by atoms with E-state index >= 15 is 0 Å². The lowest BCUT2D eigenvalue weighted by atomic mass is 9.74. The average Bonchev–Trinajstić information content (AvgIpc) is 2.75. The SMILES string of the molecule is CCC(C)(CCCC(C)(C)CCCC(C)C)CCC[C@]1(C)CCc2c(C)c(C)c(C)c(C)c2O1. The minimum Gasteiger partial charge on any atom is -0.487 e. The van der Waals surface area contributed by atoms with Gasteiger partial charge in [-0.3, -0.25) is 0 Å². The maximum absolute atomic E-state index is 6.80. The largest absolute Gasteiger partial charge is 0.487 e. The third-order valence-corrected chi connectivity index (χ3v) is 9.62. The molecule has 196 valence electrons. The first kappa shape index (κ1) is 29.3. The first-order chi connectivity index (χ1) is 15.7. The summed E-state index contributed by atoms with van der Waals surface area (Å²) in [4.78, 5) is 0. The molecule has 1 aliphatic rings. The molecule has 1 aliphatic heterocycles. The molecule has 0 saturated carbocycles. The molecule has 1 heterocycles. The quantitative estimate of drug-likeness (QED) is 0.278. The van der Waals surface area contributed by atoms with E-state index in [0.717, 1.165) is 18.8 Å². The normalized spacial score (nSPS) is 20.2. The molecule has 0 N–H and O–H groups in total. The summed E-state index contributed by atoms with van der Waals surface area (Å²) in [6, 6.07) is 0. The summed E-state index contributed by atoms with van der Waals surface area (Å²) in [5.74, 6) is 2.04. The Kier molecular flexibility index (Phi) is 10.2. The molecule has 1 unspecified atom stereocenters. The van der Waals surface area contributed by atoms with Gasteiger partial charge in [0.15, 0.2) is 0 Å². The van der Waals surface area contributed by atoms with Crippen LogP contribution in [0.5, 0.6) is 5.75 Å². The van der Waals surface area contributed by atoms with Gasteiger partial charge in [0.2, 0.25) is 0 Å². The van der Waals surface area contributed by atoms with Gasteiger partial charge in [-0.05, 0) is 131 Å². The van der Waals surface area contributed by atoms with E-state index in [1.807, 2.05) is 0 Å². The number of benzene rings is 1. The van der Waals surface area contributed by atoms with Crippen molar-refractivity contribution in [3.63, 3.8) is 0 Å². The lowest BCUT2D eigenvalue weighted by Crippen LogP contribution is -2.37. The molecule has 0 aromatic heterocycles. The average molecular weight is 471 g/mol. The van der Waals surface area contributed by atoms with E-state index in [0.29, 0.717) is 10.8 Å². The van der Waals surface area contributed by atoms with Crippen molar-refractivity contribution >= 4 is 0 Å². The van der Waals surface area contributed by atoms with Crippen molar-refractivity contribution in [2.24, 2.45) is 16.7 Å². The third kappa shape index (κ3) is 7.76. The van der Waals surface area contributed by atoms with Crippen LogP contribution in [0.1, 0.15) is 147 Å². The van der Waals surface area contributed by atoms with Gasteiger partial charge in [-0.15, -0.1) is 0 Å². The zero-order valence-corrected chi connectivity index (χ0v) is 25.0. The zero-order chi connectivity index (χ0) is 25.7. The number of ether oxygens (including phenoxy) is 1. The van der Waals surface area contributed by atoms with Crippen LogP contribution in [0.15, 0.2) is 0 Å². The Morgan fingerprint density at radius 3 is 2.03 bits per heavy atom. The van der Waals surface area contributed by atoms with Crippen LogP contribution >= 0.6 is 0 Å². The summed E-state index contributed by atoms with van der Waals surface area (Å²) < 4.78 is 6.80. The van der Waals surface area contributed by atoms with E-state index in [4.69, 9.17) is 4.74 Å². The Hall–Kier alpha value is -0.980. The third-order valence-electron chi connectivity index (χ3n) is 9.62. The Labute approximate surface area is 213 Å². The van der Waals surface area contributed by atoms with Gasteiger partial charge in [-0.1, -0.05) is 67.2 Å². The van der Waals surface area contributed by atoms with Crippen LogP contribution in [0, 0.1) is 44.4 Å². The second-order valence-corrected chi connectivity index (χ2v) is 13.7. The van der Waals surface area contributed by atoms with E-state index in [9.17, 15) is 0 Å². The van der Waals surface area contributed by atoms with Gasteiger partial charge in [0.25, 0.3) is 0 Å². The molecule has 1 nitrogen and oxygen atoms in total. The van der Waals surface area contributed by atoms with Crippen molar-refractivity contribution in [3.05, 3.63) is 27.8 Å². The van der Waals surface area contributed by atoms with Crippen LogP contribution in [0.2, 0.25) is 0 Å². The molecule has 0 fully saturated rings. The maximum Gasteiger partial charge on any atom is 0.126 e. The predicted octanol–water partition coefficient (Wildman–Crippen LogP) is 10.6. The molecule has 1 aromatic carbocycles. The van der Waals surface area contributed by atoms with Gasteiger partial charge >= 0.3 is 0 Å². The molecular weight excluding hydrogens is 412 g/mol. The topological polar surface area (TPSA) is 9.23 Å². The summed E-state index contributed by atoms with van der Waals surface area (Å²) in [5, 5.41) is 0. The molecule has 1 heteroatoms. The van der Waals surface area contributed by atoms with Crippen LogP contribution in [0.3, 0.4) is 0 Å². The van der Waals surface area contributed by atoms with Gasteiger partial charge in [0.05, 0.1) is 0 Å². The number of hydrogen-bond acceptors (Lipinski definition) is 1. The van der Waals surface area contributed by atoms with Crippen molar-refractivity contribution in [1.29, 1.82) is 0 Å². The maximum atomic E-state index is 6.80. The first-order valence-electron chi connectivity index (χ1n) is 14.5. The Bertz CT molecular complexity index is 802. The molecule has 0 amide bonds. The molecule has 0 bridgehead atoms. The minimum absolute atomic E-state index is 0.0149. The van der Waals surface area contributed by atoms with Crippen molar-refractivity contribution in [2.75, 3.05) is 0 Å². The fraction of sp³-hybridized carbons (Fsp3) is 0.818. The molecule has 34 heavy (non-hydrogen) atoms. The molecule has 0 saturated heterocycles. The Balaban J connectivity index is 1.88. The second-order valence-electron chi connectivity index (χ2n) is 13.7. The van der Waals surface area contributed by atoms with Crippen LogP contribution < -0.4 is 4.74 Å². The molecule has 0 radical (unpaired) electrons. The number of rotatable bonds is 13. The second kappa shape index (κ2) is 11.8. The van der Waals surface area contributed by atoms with E-state index in [1.165, 1.54) is 97.8 Å². The van der Waals surface area contributed by atoms with E-state index < -0.39 is 0 Å². The summed E-state index contributed by atoms with van der Waals surface area (Å²) in [7, 11) is 0. The van der Waals surface area contributed by atoms with Crippen LogP contribution in [0.4, 0.5) is 0 Å². The van der Waals surface area contributed by atoms with E-state index in [1.54, 1.807) is 0 Å². The highest BCUT2D eigenvalue weighted by Crippen LogP contribution is 2.44. The Morgan fingerprint density at radius 1 is 0.824 bits per heavy atom. The summed E-state index contributed by atoms with van der Waals surface area (Å²) in [6.07, 6.45) is 15.6. The smallest absolute Gasteiger partial charge is 0.126 e. The molecule has 2 rings (SSSR count). The van der Waals surface area contributed by atoms with Gasteiger partial charge in [0.1, 0.15) is 11.4 Å².